The Balaban J connectivity index is 3.40. The van der Waals surface area contributed by atoms with Gasteiger partial charge in [-0.15, -0.1) is 0 Å². The normalized spacial score (nSPS) is 9.80. The smallest absolute Gasteiger partial charge is 0.178 e. The van der Waals surface area contributed by atoms with Crippen LogP contribution in [0.2, 0.25) is 0 Å². The molecule has 0 spiro atoms. The Kier molecular flexibility index (Phi) is 3.09. The van der Waals surface area contributed by atoms with Crippen LogP contribution in [0.1, 0.15) is 52.1 Å². The van der Waals surface area contributed by atoms with Gasteiger partial charge in [-0.25, -0.2) is 4.98 Å². The topological polar surface area (TPSA) is 64.1 Å². The lowest BCUT2D eigenvalue weighted by atomic mass is 10.1. The predicted octanol–water partition coefficient (Wildman–Crippen LogP) is 1.69. The summed E-state index contributed by atoms with van der Waals surface area (Å²) in [5.74, 6) is -0.779. The first-order valence-corrected chi connectivity index (χ1v) is 4.47. The van der Waals surface area contributed by atoms with Gasteiger partial charge in [0.25, 0.3) is 0 Å². The number of carbonyl (C=O) groups excluding carboxylic acids is 3. The lowest BCUT2D eigenvalue weighted by Gasteiger charge is -2.03. The minimum Gasteiger partial charge on any atom is -0.294 e. The molecule has 0 unspecified atom stereocenters. The van der Waals surface area contributed by atoms with Crippen LogP contribution in [0.15, 0.2) is 12.1 Å². The minimum absolute atomic E-state index is 0.0650. The number of hydrogen-bond acceptors (Lipinski definition) is 4. The molecular weight excluding hydrogens is 194 g/mol. The van der Waals surface area contributed by atoms with Gasteiger partial charge in [0.05, 0.1) is 0 Å². The molecule has 4 heteroatoms. The van der Waals surface area contributed by atoms with Crippen LogP contribution in [0.5, 0.6) is 0 Å². The number of pyridine rings is 1. The van der Waals surface area contributed by atoms with Gasteiger partial charge in [-0.2, -0.15) is 0 Å². The largest absolute Gasteiger partial charge is 0.294 e. The summed E-state index contributed by atoms with van der Waals surface area (Å²) in [6.45, 7) is 4.04. The van der Waals surface area contributed by atoms with Gasteiger partial charge in [0.2, 0.25) is 0 Å². The average molecular weight is 205 g/mol. The van der Waals surface area contributed by atoms with Gasteiger partial charge in [-0.3, -0.25) is 14.4 Å². The maximum atomic E-state index is 11.2. The highest BCUT2D eigenvalue weighted by Crippen LogP contribution is 2.10. The number of carbonyl (C=O) groups is 3. The Bertz CT molecular complexity index is 449. The second-order valence-electron chi connectivity index (χ2n) is 3.26. The molecule has 1 aromatic rings. The zero-order valence-corrected chi connectivity index (χ0v) is 8.83. The molecule has 0 radical (unpaired) electrons. The van der Waals surface area contributed by atoms with Gasteiger partial charge in [0.1, 0.15) is 11.4 Å². The standard InChI is InChI=1S/C11H11NO3/c1-6(13)9-4-5-10(7(2)14)12-11(9)8(3)15/h4-5H,1-3H3. The lowest BCUT2D eigenvalue weighted by molar-refractivity contribution is 0.0973. The van der Waals surface area contributed by atoms with E-state index < -0.39 is 0 Å². The highest BCUT2D eigenvalue weighted by Gasteiger charge is 2.14. The van der Waals surface area contributed by atoms with Crippen LogP contribution in [-0.2, 0) is 0 Å². The van der Waals surface area contributed by atoms with E-state index in [1.54, 1.807) is 0 Å². The number of ketones is 3. The molecule has 15 heavy (non-hydrogen) atoms. The van der Waals surface area contributed by atoms with E-state index in [9.17, 15) is 14.4 Å². The predicted molar refractivity (Wildman–Crippen MR) is 54.3 cm³/mol. The van der Waals surface area contributed by atoms with Crippen molar-refractivity contribution in [3.8, 4) is 0 Å². The Labute approximate surface area is 87.3 Å². The summed E-state index contributed by atoms with van der Waals surface area (Å²) in [6.07, 6.45) is 0. The van der Waals surface area contributed by atoms with Crippen LogP contribution in [-0.4, -0.2) is 22.3 Å². The fraction of sp³-hybridized carbons (Fsp3) is 0.273. The van der Waals surface area contributed by atoms with Crippen LogP contribution >= 0.6 is 0 Å². The minimum atomic E-state index is -0.316. The first-order chi connectivity index (χ1) is 6.93. The fourth-order valence-electron chi connectivity index (χ4n) is 1.21. The molecule has 1 heterocycles. The van der Waals surface area contributed by atoms with Crippen LogP contribution < -0.4 is 0 Å². The third kappa shape index (κ3) is 2.34. The first kappa shape index (κ1) is 11.2. The van der Waals surface area contributed by atoms with Crippen molar-refractivity contribution < 1.29 is 14.4 Å². The summed E-state index contributed by atoms with van der Waals surface area (Å²) < 4.78 is 0. The highest BCUT2D eigenvalue weighted by atomic mass is 16.1. The molecule has 0 atom stereocenters. The number of Topliss-reactive ketones (excluding diaryl/α,β-unsaturated/α-hetero) is 3. The van der Waals surface area contributed by atoms with Crippen molar-refractivity contribution in [1.82, 2.24) is 4.98 Å². The maximum Gasteiger partial charge on any atom is 0.178 e. The number of hydrogen-bond donors (Lipinski definition) is 0. The molecular formula is C11H11NO3. The van der Waals surface area contributed by atoms with Crippen molar-refractivity contribution in [3.63, 3.8) is 0 Å². The molecule has 0 saturated carbocycles. The van der Waals surface area contributed by atoms with E-state index in [0.29, 0.717) is 0 Å². The summed E-state index contributed by atoms with van der Waals surface area (Å²) in [5, 5.41) is 0. The molecule has 0 bridgehead atoms. The molecule has 0 N–H and O–H groups in total. The quantitative estimate of drug-likeness (QED) is 0.704. The van der Waals surface area contributed by atoms with Gasteiger partial charge in [0, 0.05) is 19.4 Å². The van der Waals surface area contributed by atoms with E-state index in [0.717, 1.165) is 0 Å². The van der Waals surface area contributed by atoms with E-state index in [1.807, 2.05) is 0 Å². The van der Waals surface area contributed by atoms with E-state index in [-0.39, 0.29) is 34.3 Å². The molecule has 4 nitrogen and oxygen atoms in total. The SMILES string of the molecule is CC(=O)c1ccc(C(C)=O)c(C(C)=O)n1. The second kappa shape index (κ2) is 4.13. The number of rotatable bonds is 3. The molecule has 1 rings (SSSR count). The molecule has 0 saturated heterocycles. The lowest BCUT2D eigenvalue weighted by Crippen LogP contribution is -2.10. The van der Waals surface area contributed by atoms with Crippen molar-refractivity contribution in [2.75, 3.05) is 0 Å². The fourth-order valence-corrected chi connectivity index (χ4v) is 1.21. The van der Waals surface area contributed by atoms with E-state index in [4.69, 9.17) is 0 Å². The molecule has 0 aromatic carbocycles. The zero-order valence-electron chi connectivity index (χ0n) is 8.83. The van der Waals surface area contributed by atoms with Crippen molar-refractivity contribution in [3.05, 3.63) is 29.1 Å². The summed E-state index contributed by atoms with van der Waals surface area (Å²) in [5.41, 5.74) is 0.521. The van der Waals surface area contributed by atoms with Gasteiger partial charge >= 0.3 is 0 Å². The maximum absolute atomic E-state index is 11.2. The first-order valence-electron chi connectivity index (χ1n) is 4.47. The second-order valence-corrected chi connectivity index (χ2v) is 3.26. The summed E-state index contributed by atoms with van der Waals surface area (Å²) >= 11 is 0. The molecule has 1 aromatic heterocycles. The van der Waals surface area contributed by atoms with Gasteiger partial charge in [-0.05, 0) is 19.1 Å². The Hall–Kier alpha value is -1.84. The third-order valence-electron chi connectivity index (χ3n) is 1.97. The number of aromatic nitrogens is 1. The third-order valence-corrected chi connectivity index (χ3v) is 1.97. The van der Waals surface area contributed by atoms with E-state index >= 15 is 0 Å². The van der Waals surface area contributed by atoms with Crippen molar-refractivity contribution in [1.29, 1.82) is 0 Å². The average Bonchev–Trinajstić information content (AvgIpc) is 2.16. The summed E-state index contributed by atoms with van der Waals surface area (Å²) in [4.78, 5) is 37.3. The zero-order chi connectivity index (χ0) is 11.6. The molecule has 0 aliphatic carbocycles. The molecule has 0 aliphatic heterocycles. The van der Waals surface area contributed by atoms with Crippen molar-refractivity contribution in [2.24, 2.45) is 0 Å². The van der Waals surface area contributed by atoms with Crippen LogP contribution in [0.25, 0.3) is 0 Å². The Morgan fingerprint density at radius 1 is 0.933 bits per heavy atom. The van der Waals surface area contributed by atoms with Gasteiger partial charge < -0.3 is 0 Å². The van der Waals surface area contributed by atoms with Crippen LogP contribution in [0.3, 0.4) is 0 Å². The molecule has 0 fully saturated rings. The molecule has 0 amide bonds. The highest BCUT2D eigenvalue weighted by molar-refractivity contribution is 6.06. The Morgan fingerprint density at radius 3 is 1.93 bits per heavy atom. The van der Waals surface area contributed by atoms with E-state index in [1.165, 1.54) is 32.9 Å². The monoisotopic (exact) mass is 205 g/mol. The molecule has 0 aliphatic rings. The summed E-state index contributed by atoms with van der Waals surface area (Å²) in [6, 6.07) is 2.91. The number of nitrogens with zero attached hydrogens (tertiary/aromatic N) is 1. The van der Waals surface area contributed by atoms with E-state index in [2.05, 4.69) is 4.98 Å². The summed E-state index contributed by atoms with van der Waals surface area (Å²) in [7, 11) is 0. The van der Waals surface area contributed by atoms with Crippen molar-refractivity contribution in [2.45, 2.75) is 20.8 Å². The van der Waals surface area contributed by atoms with Gasteiger partial charge in [-0.1, -0.05) is 0 Å². The van der Waals surface area contributed by atoms with Gasteiger partial charge in [0.15, 0.2) is 17.3 Å². The molecule has 78 valence electrons. The van der Waals surface area contributed by atoms with Crippen LogP contribution in [0, 0.1) is 0 Å². The van der Waals surface area contributed by atoms with Crippen molar-refractivity contribution >= 4 is 17.3 Å². The van der Waals surface area contributed by atoms with Crippen LogP contribution in [0.4, 0.5) is 0 Å². The Morgan fingerprint density at radius 2 is 1.53 bits per heavy atom.